The lowest BCUT2D eigenvalue weighted by atomic mass is 9.84. The number of nitrogens with zero attached hydrogens (tertiary/aromatic N) is 1. The maximum atomic E-state index is 12.2. The Kier molecular flexibility index (Phi) is 2.51. The number of imide groups is 2. The molecule has 0 spiro atoms. The zero-order valence-electron chi connectivity index (χ0n) is 11.1. The fourth-order valence-electron chi connectivity index (χ4n) is 2.97. The second-order valence-corrected chi connectivity index (χ2v) is 5.91. The van der Waals surface area contributed by atoms with Gasteiger partial charge in [0.15, 0.2) is 0 Å². The lowest BCUT2D eigenvalue weighted by Crippen LogP contribution is -2.39. The second kappa shape index (κ2) is 4.24. The molecule has 4 rings (SSSR count). The summed E-state index contributed by atoms with van der Waals surface area (Å²) in [5.41, 5.74) is 0.339. The molecule has 7 nitrogen and oxygen atoms in total. The fourth-order valence-corrected chi connectivity index (χ4v) is 3.58. The van der Waals surface area contributed by atoms with Crippen LogP contribution in [0.5, 0.6) is 0 Å². The highest BCUT2D eigenvalue weighted by molar-refractivity contribution is 9.10. The van der Waals surface area contributed by atoms with E-state index in [1.165, 1.54) is 12.1 Å². The van der Waals surface area contributed by atoms with Crippen LogP contribution in [0.25, 0.3) is 10.8 Å². The summed E-state index contributed by atoms with van der Waals surface area (Å²) < 4.78 is 0.325. The average molecular weight is 370 g/mol. The van der Waals surface area contributed by atoms with Gasteiger partial charge in [-0.15, -0.1) is 0 Å². The third kappa shape index (κ3) is 1.57. The number of carbonyl (C=O) groups is 4. The van der Waals surface area contributed by atoms with Gasteiger partial charge in [-0.3, -0.25) is 29.8 Å². The number of rotatable bonds is 0. The first-order valence-electron chi connectivity index (χ1n) is 6.38. The second-order valence-electron chi connectivity index (χ2n) is 5.06. The van der Waals surface area contributed by atoms with Gasteiger partial charge in [-0.05, 0) is 28.1 Å². The highest BCUT2D eigenvalue weighted by Crippen LogP contribution is 2.39. The molecule has 0 fully saturated rings. The molecule has 2 aromatic carbocycles. The SMILES string of the molecule is N#Cc1cc2c3c(c(Br)cc4c3c1C(=O)NC4=O)C(=O)NC2=O. The molecule has 8 heteroatoms. The minimum atomic E-state index is -0.725. The summed E-state index contributed by atoms with van der Waals surface area (Å²) >= 11 is 3.22. The molecule has 0 unspecified atom stereocenters. The largest absolute Gasteiger partial charge is 0.288 e. The molecule has 2 aliphatic heterocycles. The minimum Gasteiger partial charge on any atom is -0.288 e. The van der Waals surface area contributed by atoms with Gasteiger partial charge < -0.3 is 0 Å². The number of hydrogen-bond donors (Lipinski definition) is 2. The Balaban J connectivity index is 2.38. The topological polar surface area (TPSA) is 116 Å². The maximum absolute atomic E-state index is 12.2. The van der Waals surface area contributed by atoms with Gasteiger partial charge in [-0.2, -0.15) is 5.26 Å². The monoisotopic (exact) mass is 369 g/mol. The average Bonchev–Trinajstić information content (AvgIpc) is 2.50. The van der Waals surface area contributed by atoms with Crippen molar-refractivity contribution in [3.8, 4) is 6.07 Å². The first-order chi connectivity index (χ1) is 10.9. The van der Waals surface area contributed by atoms with E-state index < -0.39 is 23.6 Å². The van der Waals surface area contributed by atoms with Crippen LogP contribution in [0.3, 0.4) is 0 Å². The highest BCUT2D eigenvalue weighted by atomic mass is 79.9. The number of halogens is 1. The number of benzene rings is 2. The van der Waals surface area contributed by atoms with Crippen LogP contribution < -0.4 is 10.6 Å². The van der Waals surface area contributed by atoms with Crippen molar-refractivity contribution in [3.63, 3.8) is 0 Å². The molecule has 2 aliphatic rings. The molecule has 0 saturated carbocycles. The molecule has 0 atom stereocenters. The summed E-state index contributed by atoms with van der Waals surface area (Å²) in [6.07, 6.45) is 0. The van der Waals surface area contributed by atoms with Gasteiger partial charge in [0.05, 0.1) is 16.7 Å². The molecular weight excluding hydrogens is 366 g/mol. The molecule has 0 bridgehead atoms. The van der Waals surface area contributed by atoms with E-state index in [0.29, 0.717) is 4.47 Å². The van der Waals surface area contributed by atoms with Crippen LogP contribution in [0.2, 0.25) is 0 Å². The first-order valence-corrected chi connectivity index (χ1v) is 7.18. The third-order valence-electron chi connectivity index (χ3n) is 3.87. The molecule has 0 aliphatic carbocycles. The Bertz CT molecular complexity index is 1070. The third-order valence-corrected chi connectivity index (χ3v) is 4.50. The molecule has 0 aromatic heterocycles. The zero-order valence-corrected chi connectivity index (χ0v) is 12.7. The van der Waals surface area contributed by atoms with Crippen molar-refractivity contribution in [1.82, 2.24) is 10.6 Å². The van der Waals surface area contributed by atoms with E-state index in [1.54, 1.807) is 0 Å². The van der Waals surface area contributed by atoms with Crippen LogP contribution in [-0.2, 0) is 0 Å². The van der Waals surface area contributed by atoms with E-state index in [0.717, 1.165) is 0 Å². The quantitative estimate of drug-likeness (QED) is 0.677. The fraction of sp³-hybridized carbons (Fsp3) is 0. The smallest absolute Gasteiger partial charge is 0.260 e. The summed E-state index contributed by atoms with van der Waals surface area (Å²) in [4.78, 5) is 48.5. The Morgan fingerprint density at radius 3 is 1.96 bits per heavy atom. The van der Waals surface area contributed by atoms with Gasteiger partial charge in [0, 0.05) is 26.4 Å². The van der Waals surface area contributed by atoms with Crippen molar-refractivity contribution in [2.75, 3.05) is 0 Å². The van der Waals surface area contributed by atoms with E-state index in [9.17, 15) is 24.4 Å². The lowest BCUT2D eigenvalue weighted by molar-refractivity contribution is 0.0823. The van der Waals surface area contributed by atoms with Crippen LogP contribution >= 0.6 is 15.9 Å². The molecule has 2 aromatic rings. The highest BCUT2D eigenvalue weighted by Gasteiger charge is 2.36. The standard InChI is InChI=1S/C15H4BrN3O4/c16-7-2-6-9-8(14(22)18-13(6)21)4(3-17)1-5-10(9)11(7)15(23)19-12(5)20/h1-2H,(H,18,21,22)(H,19,20,23). The summed E-state index contributed by atoms with van der Waals surface area (Å²) in [5, 5.41) is 14.0. The van der Waals surface area contributed by atoms with Crippen LogP contribution in [0, 0.1) is 11.3 Å². The first kappa shape index (κ1) is 13.6. The van der Waals surface area contributed by atoms with Crippen molar-refractivity contribution in [2.45, 2.75) is 0 Å². The Hall–Kier alpha value is -3.05. The molecule has 23 heavy (non-hydrogen) atoms. The van der Waals surface area contributed by atoms with Crippen LogP contribution in [0.4, 0.5) is 0 Å². The number of carbonyl (C=O) groups excluding carboxylic acids is 4. The van der Waals surface area contributed by atoms with Gasteiger partial charge in [0.2, 0.25) is 0 Å². The van der Waals surface area contributed by atoms with Gasteiger partial charge >= 0.3 is 0 Å². The lowest BCUT2D eigenvalue weighted by Gasteiger charge is -2.24. The molecule has 0 saturated heterocycles. The zero-order chi connectivity index (χ0) is 16.5. The Morgan fingerprint density at radius 2 is 1.35 bits per heavy atom. The molecule has 2 heterocycles. The Morgan fingerprint density at radius 1 is 0.826 bits per heavy atom. The molecule has 2 N–H and O–H groups in total. The molecule has 4 amide bonds. The van der Waals surface area contributed by atoms with Gasteiger partial charge in [0.1, 0.15) is 6.07 Å². The molecule has 110 valence electrons. The molecular formula is C15H4BrN3O4. The van der Waals surface area contributed by atoms with Gasteiger partial charge in [0.25, 0.3) is 23.6 Å². The van der Waals surface area contributed by atoms with E-state index in [1.807, 2.05) is 6.07 Å². The van der Waals surface area contributed by atoms with Crippen molar-refractivity contribution in [1.29, 1.82) is 5.26 Å². The van der Waals surface area contributed by atoms with E-state index in [4.69, 9.17) is 0 Å². The number of nitrogens with one attached hydrogen (secondary N) is 2. The normalized spacial score (nSPS) is 15.3. The van der Waals surface area contributed by atoms with Crippen molar-refractivity contribution < 1.29 is 19.2 Å². The summed E-state index contributed by atoms with van der Waals surface area (Å²) in [5.74, 6) is -2.67. The summed E-state index contributed by atoms with van der Waals surface area (Å²) in [6, 6.07) is 4.53. The number of hydrogen-bond acceptors (Lipinski definition) is 5. The molecule has 0 radical (unpaired) electrons. The van der Waals surface area contributed by atoms with Crippen LogP contribution in [0.1, 0.15) is 47.0 Å². The van der Waals surface area contributed by atoms with Crippen LogP contribution in [-0.4, -0.2) is 23.6 Å². The van der Waals surface area contributed by atoms with Crippen molar-refractivity contribution >= 4 is 50.3 Å². The predicted octanol–water partition coefficient (Wildman–Crippen LogP) is 1.24. The van der Waals surface area contributed by atoms with Gasteiger partial charge in [-0.25, -0.2) is 0 Å². The number of nitriles is 1. The minimum absolute atomic E-state index is 0.00269. The van der Waals surface area contributed by atoms with Crippen LogP contribution in [0.15, 0.2) is 16.6 Å². The van der Waals surface area contributed by atoms with E-state index in [2.05, 4.69) is 26.6 Å². The van der Waals surface area contributed by atoms with E-state index in [-0.39, 0.29) is 38.6 Å². The van der Waals surface area contributed by atoms with Crippen molar-refractivity contribution in [2.24, 2.45) is 0 Å². The summed E-state index contributed by atoms with van der Waals surface area (Å²) in [6.45, 7) is 0. The van der Waals surface area contributed by atoms with Crippen molar-refractivity contribution in [3.05, 3.63) is 44.4 Å². The van der Waals surface area contributed by atoms with E-state index >= 15 is 0 Å². The Labute approximate surface area is 136 Å². The summed E-state index contributed by atoms with van der Waals surface area (Å²) in [7, 11) is 0. The van der Waals surface area contributed by atoms with Gasteiger partial charge in [-0.1, -0.05) is 0 Å². The maximum Gasteiger partial charge on any atom is 0.260 e. The predicted molar refractivity (Wildman–Crippen MR) is 80.0 cm³/mol. The number of amides is 4.